The molecule has 0 unspecified atom stereocenters. The van der Waals surface area contributed by atoms with Gasteiger partial charge in [-0.05, 0) is 24.8 Å². The largest absolute Gasteiger partial charge is 1.00 e. The Balaban J connectivity index is 0. The second kappa shape index (κ2) is 9.21. The molecule has 1 rings (SSSR count). The van der Waals surface area contributed by atoms with Crippen LogP contribution in [0.1, 0.15) is 18.4 Å². The molecule has 0 aliphatic carbocycles. The van der Waals surface area contributed by atoms with E-state index in [1.54, 1.807) is 0 Å². The normalized spacial score (nSPS) is 8.29. The van der Waals surface area contributed by atoms with Crippen molar-refractivity contribution in [3.05, 3.63) is 35.9 Å². The molecule has 0 aliphatic rings. The Morgan fingerprint density at radius 1 is 1.21 bits per heavy atom. The molecule has 3 nitrogen and oxygen atoms in total. The molecule has 1 aromatic rings. The Morgan fingerprint density at radius 2 is 1.79 bits per heavy atom. The first kappa shape index (κ1) is 16.1. The van der Waals surface area contributed by atoms with Gasteiger partial charge in [-0.2, -0.15) is 0 Å². The number of aryl methyl sites for hydroxylation is 1. The minimum Gasteiger partial charge on any atom is -0.550 e. The number of benzene rings is 1. The monoisotopic (exact) mass is 204 g/mol. The van der Waals surface area contributed by atoms with Crippen molar-refractivity contribution in [2.45, 2.75) is 19.3 Å². The summed E-state index contributed by atoms with van der Waals surface area (Å²) in [6.07, 6.45) is 1.62. The number of carbonyl (C=O) groups excluding carboxylic acids is 1. The first-order valence-electron chi connectivity index (χ1n) is 4.03. The van der Waals surface area contributed by atoms with Crippen molar-refractivity contribution in [2.24, 2.45) is 0 Å². The molecule has 0 amide bonds. The number of rotatable bonds is 4. The average Bonchev–Trinajstić information content (AvgIpc) is 2.05. The Kier molecular flexibility index (Phi) is 10.6. The fourth-order valence-electron chi connectivity index (χ4n) is 1.08. The molecule has 0 saturated heterocycles. The Morgan fingerprint density at radius 3 is 2.29 bits per heavy atom. The number of hydrogen-bond acceptors (Lipinski definition) is 2. The van der Waals surface area contributed by atoms with Gasteiger partial charge in [-0.1, -0.05) is 30.3 Å². The molecular weight excluding hydrogens is 191 g/mol. The van der Waals surface area contributed by atoms with E-state index in [1.807, 2.05) is 30.3 Å². The van der Waals surface area contributed by atoms with E-state index in [0.29, 0.717) is 6.42 Å². The van der Waals surface area contributed by atoms with Crippen LogP contribution in [0.5, 0.6) is 0 Å². The average molecular weight is 204 g/mol. The first-order valence-corrected chi connectivity index (χ1v) is 4.03. The van der Waals surface area contributed by atoms with E-state index in [9.17, 15) is 9.90 Å². The van der Waals surface area contributed by atoms with Crippen molar-refractivity contribution in [2.75, 3.05) is 0 Å². The summed E-state index contributed by atoms with van der Waals surface area (Å²) in [6, 6.07) is 9.84. The van der Waals surface area contributed by atoms with Crippen molar-refractivity contribution < 1.29 is 44.9 Å². The third kappa shape index (κ3) is 7.09. The van der Waals surface area contributed by atoms with E-state index in [-0.39, 0.29) is 41.5 Å². The third-order valence-electron chi connectivity index (χ3n) is 1.69. The topological polar surface area (TPSA) is 71.6 Å². The van der Waals surface area contributed by atoms with Gasteiger partial charge in [0.1, 0.15) is 0 Å². The molecule has 1 aromatic carbocycles. The van der Waals surface area contributed by atoms with Crippen molar-refractivity contribution in [1.29, 1.82) is 0 Å². The Labute approximate surface area is 106 Å². The number of carboxylic acids is 1. The van der Waals surface area contributed by atoms with Crippen LogP contribution in [-0.2, 0) is 11.2 Å². The van der Waals surface area contributed by atoms with E-state index in [0.717, 1.165) is 6.42 Å². The minimum atomic E-state index is -0.967. The molecule has 2 N–H and O–H groups in total. The molecule has 0 spiro atoms. The molecule has 0 radical (unpaired) electrons. The smallest absolute Gasteiger partial charge is 0.550 e. The fourth-order valence-corrected chi connectivity index (χ4v) is 1.08. The molecule has 0 fully saturated rings. The quantitative estimate of drug-likeness (QED) is 0.488. The Bertz CT molecular complexity index is 249. The molecule has 14 heavy (non-hydrogen) atoms. The molecule has 0 bridgehead atoms. The zero-order valence-electron chi connectivity index (χ0n) is 8.32. The van der Waals surface area contributed by atoms with E-state index in [2.05, 4.69) is 0 Å². The second-order valence-corrected chi connectivity index (χ2v) is 2.71. The molecule has 0 saturated carbocycles. The minimum absolute atomic E-state index is 0. The van der Waals surface area contributed by atoms with Crippen LogP contribution in [0.3, 0.4) is 0 Å². The summed E-state index contributed by atoms with van der Waals surface area (Å²) >= 11 is 0. The van der Waals surface area contributed by atoms with Crippen LogP contribution < -0.4 is 34.7 Å². The van der Waals surface area contributed by atoms with Gasteiger partial charge in [0.2, 0.25) is 0 Å². The van der Waals surface area contributed by atoms with Gasteiger partial charge >= 0.3 is 29.6 Å². The summed E-state index contributed by atoms with van der Waals surface area (Å²) in [6.45, 7) is 0. The van der Waals surface area contributed by atoms with Crippen LogP contribution in [0.15, 0.2) is 30.3 Å². The predicted molar refractivity (Wildman–Crippen MR) is 48.0 cm³/mol. The van der Waals surface area contributed by atoms with Crippen LogP contribution in [0.2, 0.25) is 0 Å². The molecular formula is C10H13NaO3. The van der Waals surface area contributed by atoms with Gasteiger partial charge in [0, 0.05) is 5.97 Å². The maximum atomic E-state index is 10.1. The van der Waals surface area contributed by atoms with Crippen LogP contribution in [0.25, 0.3) is 0 Å². The first-order chi connectivity index (χ1) is 5.79. The van der Waals surface area contributed by atoms with Gasteiger partial charge in [-0.15, -0.1) is 0 Å². The molecule has 72 valence electrons. The van der Waals surface area contributed by atoms with Gasteiger partial charge in [-0.25, -0.2) is 0 Å². The van der Waals surface area contributed by atoms with Gasteiger partial charge in [0.15, 0.2) is 0 Å². The van der Waals surface area contributed by atoms with Gasteiger partial charge in [0.05, 0.1) is 0 Å². The van der Waals surface area contributed by atoms with Gasteiger partial charge < -0.3 is 15.4 Å². The second-order valence-electron chi connectivity index (χ2n) is 2.71. The van der Waals surface area contributed by atoms with Crippen molar-refractivity contribution in [3.8, 4) is 0 Å². The summed E-state index contributed by atoms with van der Waals surface area (Å²) in [5, 5.41) is 10.1. The van der Waals surface area contributed by atoms with Crippen LogP contribution in [0, 0.1) is 0 Å². The summed E-state index contributed by atoms with van der Waals surface area (Å²) < 4.78 is 0. The van der Waals surface area contributed by atoms with Gasteiger partial charge in [0.25, 0.3) is 0 Å². The Hall–Kier alpha value is -0.350. The standard InChI is InChI=1S/C10H12O2.Na.H2O/c11-10(12)8-4-7-9-5-2-1-3-6-9;;/h1-3,5-6H,4,7-8H2,(H,11,12);;1H2/q;+1;/p-1. The van der Waals surface area contributed by atoms with Crippen molar-refractivity contribution in [1.82, 2.24) is 0 Å². The maximum Gasteiger partial charge on any atom is 1.00 e. The molecule has 0 aromatic heterocycles. The number of hydrogen-bond donors (Lipinski definition) is 0. The fraction of sp³-hybridized carbons (Fsp3) is 0.300. The molecule has 0 heterocycles. The summed E-state index contributed by atoms with van der Waals surface area (Å²) in [5.41, 5.74) is 1.18. The van der Waals surface area contributed by atoms with Crippen LogP contribution in [0.4, 0.5) is 0 Å². The van der Waals surface area contributed by atoms with E-state index in [4.69, 9.17) is 0 Å². The number of carboxylic acid groups (broad SMARTS) is 1. The predicted octanol–water partition coefficient (Wildman–Crippen LogP) is -3.06. The number of carbonyl (C=O) groups is 1. The zero-order chi connectivity index (χ0) is 8.81. The molecule has 4 heteroatoms. The van der Waals surface area contributed by atoms with Crippen LogP contribution >= 0.6 is 0 Å². The maximum absolute atomic E-state index is 10.1. The molecule has 0 atom stereocenters. The van der Waals surface area contributed by atoms with Gasteiger partial charge in [-0.3, -0.25) is 0 Å². The summed E-state index contributed by atoms with van der Waals surface area (Å²) in [5.74, 6) is -0.967. The van der Waals surface area contributed by atoms with E-state index >= 15 is 0 Å². The van der Waals surface area contributed by atoms with Crippen LogP contribution in [-0.4, -0.2) is 11.4 Å². The van der Waals surface area contributed by atoms with Crippen molar-refractivity contribution in [3.63, 3.8) is 0 Å². The summed E-state index contributed by atoms with van der Waals surface area (Å²) in [7, 11) is 0. The zero-order valence-corrected chi connectivity index (χ0v) is 10.3. The summed E-state index contributed by atoms with van der Waals surface area (Å²) in [4.78, 5) is 10.1. The number of aliphatic carboxylic acids is 1. The SMILES string of the molecule is O.O=C([O-])CCCc1ccccc1.[Na+]. The molecule has 0 aliphatic heterocycles. The third-order valence-corrected chi connectivity index (χ3v) is 1.69. The van der Waals surface area contributed by atoms with E-state index < -0.39 is 5.97 Å². The van der Waals surface area contributed by atoms with E-state index in [1.165, 1.54) is 5.56 Å². The van der Waals surface area contributed by atoms with Crippen molar-refractivity contribution >= 4 is 5.97 Å².